The summed E-state index contributed by atoms with van der Waals surface area (Å²) in [5, 5.41) is 10.2. The van der Waals surface area contributed by atoms with Gasteiger partial charge in [0.1, 0.15) is 11.9 Å². The van der Waals surface area contributed by atoms with Crippen molar-refractivity contribution < 1.29 is 23.8 Å². The van der Waals surface area contributed by atoms with E-state index in [0.717, 1.165) is 19.3 Å². The topological polar surface area (TPSA) is 88.8 Å². The van der Waals surface area contributed by atoms with E-state index in [2.05, 4.69) is 0 Å². The number of carbonyl (C=O) groups excluding carboxylic acids is 2. The molecule has 2 aromatic rings. The number of fused-ring (bicyclic) bond motifs is 3. The van der Waals surface area contributed by atoms with Gasteiger partial charge in [-0.05, 0) is 42.7 Å². The van der Waals surface area contributed by atoms with Gasteiger partial charge in [0.05, 0.1) is 13.2 Å². The number of pyridine rings is 1. The van der Waals surface area contributed by atoms with Crippen LogP contribution < -0.4 is 5.56 Å². The van der Waals surface area contributed by atoms with Crippen LogP contribution in [0, 0.1) is 23.6 Å². The molecule has 3 aliphatic rings. The van der Waals surface area contributed by atoms with Crippen LogP contribution in [0.2, 0.25) is 0 Å². The molecule has 0 unspecified atom stereocenters. The van der Waals surface area contributed by atoms with Gasteiger partial charge in [-0.3, -0.25) is 9.59 Å². The lowest BCUT2D eigenvalue weighted by atomic mass is 9.84. The fraction of sp³-hybridized carbons (Fsp3) is 0.458. The first-order valence-corrected chi connectivity index (χ1v) is 11.0. The van der Waals surface area contributed by atoms with Crippen LogP contribution in [-0.2, 0) is 20.9 Å². The average molecular weight is 440 g/mol. The summed E-state index contributed by atoms with van der Waals surface area (Å²) < 4.78 is 20.0. The van der Waals surface area contributed by atoms with Crippen LogP contribution in [0.1, 0.15) is 31.0 Å². The first-order valence-electron chi connectivity index (χ1n) is 11.0. The number of aliphatic hydroxyl groups excluding tert-OH is 1. The standard InChI is InChI=1S/C24H25FN2O5/c1-32-24(31)21-18(12-28)17-11-26-19(20(17)27(21)22(29)14-3-2-4-14)10-9-16(23(26)30)13-5-7-15(25)8-6-13/h5-10,14,17-18,20-21,28H,2-4,11-12H2,1H3/t17-,18-,20+,21-/m0/s1. The molecule has 0 bridgehead atoms. The van der Waals surface area contributed by atoms with Gasteiger partial charge in [-0.25, -0.2) is 9.18 Å². The van der Waals surface area contributed by atoms with Crippen LogP contribution in [0.4, 0.5) is 4.39 Å². The van der Waals surface area contributed by atoms with E-state index in [-0.39, 0.29) is 35.7 Å². The normalized spacial score (nSPS) is 26.4. The highest BCUT2D eigenvalue weighted by Gasteiger charge is 2.58. The molecule has 2 fully saturated rings. The SMILES string of the molecule is COC(=O)[C@@H]1[C@@H](CO)[C@@H]2Cn3c(ccc(-c4ccc(F)cc4)c3=O)[C@@H]2N1C(=O)C1CCC1. The number of likely N-dealkylation sites (tertiary alicyclic amines) is 1. The van der Waals surface area contributed by atoms with Gasteiger partial charge >= 0.3 is 5.97 Å². The zero-order valence-electron chi connectivity index (χ0n) is 17.7. The Bertz CT molecular complexity index is 1120. The second-order valence-corrected chi connectivity index (χ2v) is 8.89. The minimum Gasteiger partial charge on any atom is -0.467 e. The van der Waals surface area contributed by atoms with E-state index in [0.29, 0.717) is 23.4 Å². The number of carbonyl (C=O) groups is 2. The number of halogens is 1. The molecule has 0 spiro atoms. The number of amides is 1. The van der Waals surface area contributed by atoms with Gasteiger partial charge in [0, 0.05) is 42.2 Å². The molecule has 32 heavy (non-hydrogen) atoms. The van der Waals surface area contributed by atoms with Crippen molar-refractivity contribution in [3.05, 3.63) is 58.3 Å². The molecule has 3 heterocycles. The Labute approximate surface area is 184 Å². The number of aliphatic hydroxyl groups is 1. The number of ether oxygens (including phenoxy) is 1. The van der Waals surface area contributed by atoms with Crippen LogP contribution in [-0.4, -0.2) is 46.2 Å². The van der Waals surface area contributed by atoms with Crippen molar-refractivity contribution in [1.29, 1.82) is 0 Å². The summed E-state index contributed by atoms with van der Waals surface area (Å²) in [5.74, 6) is -1.97. The number of methoxy groups -OCH3 is 1. The second-order valence-electron chi connectivity index (χ2n) is 8.89. The van der Waals surface area contributed by atoms with Gasteiger partial charge < -0.3 is 19.3 Å². The maximum Gasteiger partial charge on any atom is 0.328 e. The summed E-state index contributed by atoms with van der Waals surface area (Å²) in [4.78, 5) is 41.0. The lowest BCUT2D eigenvalue weighted by Gasteiger charge is -2.35. The predicted octanol–water partition coefficient (Wildman–Crippen LogP) is 2.12. The molecule has 7 nitrogen and oxygen atoms in total. The van der Waals surface area contributed by atoms with E-state index in [1.165, 1.54) is 19.2 Å². The zero-order chi connectivity index (χ0) is 22.6. The maximum atomic E-state index is 13.4. The summed E-state index contributed by atoms with van der Waals surface area (Å²) in [6, 6.07) is 7.89. The predicted molar refractivity (Wildman–Crippen MR) is 113 cm³/mol. The van der Waals surface area contributed by atoms with Crippen molar-refractivity contribution in [2.75, 3.05) is 13.7 Å². The van der Waals surface area contributed by atoms with Gasteiger partial charge in [-0.2, -0.15) is 0 Å². The molecule has 1 amide bonds. The molecule has 4 atom stereocenters. The molecular formula is C24H25FN2O5. The number of hydrogen-bond acceptors (Lipinski definition) is 5. The van der Waals surface area contributed by atoms with E-state index in [4.69, 9.17) is 4.74 Å². The van der Waals surface area contributed by atoms with Crippen LogP contribution in [0.5, 0.6) is 0 Å². The van der Waals surface area contributed by atoms with Crippen molar-refractivity contribution in [2.24, 2.45) is 17.8 Å². The molecule has 1 aromatic heterocycles. The third-order valence-corrected chi connectivity index (χ3v) is 7.38. The average Bonchev–Trinajstić information content (AvgIpc) is 3.28. The van der Waals surface area contributed by atoms with Crippen molar-refractivity contribution in [1.82, 2.24) is 9.47 Å². The van der Waals surface area contributed by atoms with E-state index in [9.17, 15) is 23.9 Å². The molecule has 2 aliphatic heterocycles. The number of esters is 1. The third kappa shape index (κ3) is 3.00. The molecule has 1 saturated carbocycles. The van der Waals surface area contributed by atoms with E-state index >= 15 is 0 Å². The van der Waals surface area contributed by atoms with Crippen LogP contribution >= 0.6 is 0 Å². The lowest BCUT2D eigenvalue weighted by Crippen LogP contribution is -2.49. The largest absolute Gasteiger partial charge is 0.467 e. The minimum absolute atomic E-state index is 0.110. The van der Waals surface area contributed by atoms with Gasteiger partial charge in [0.25, 0.3) is 5.56 Å². The summed E-state index contributed by atoms with van der Waals surface area (Å²) in [6.07, 6.45) is 2.53. The van der Waals surface area contributed by atoms with Crippen molar-refractivity contribution >= 4 is 11.9 Å². The molecule has 1 aliphatic carbocycles. The Hall–Kier alpha value is -3.00. The third-order valence-electron chi connectivity index (χ3n) is 7.38. The Kier molecular flexibility index (Phi) is 5.12. The van der Waals surface area contributed by atoms with Gasteiger partial charge in [0.2, 0.25) is 5.91 Å². The van der Waals surface area contributed by atoms with E-state index in [1.807, 2.05) is 0 Å². The fourth-order valence-corrected chi connectivity index (χ4v) is 5.53. The van der Waals surface area contributed by atoms with E-state index < -0.39 is 24.0 Å². The number of rotatable bonds is 4. The first-order chi connectivity index (χ1) is 15.5. The highest BCUT2D eigenvalue weighted by atomic mass is 19.1. The lowest BCUT2D eigenvalue weighted by molar-refractivity contribution is -0.156. The molecule has 8 heteroatoms. The number of benzene rings is 1. The zero-order valence-corrected chi connectivity index (χ0v) is 17.7. The molecule has 1 aromatic carbocycles. The number of hydrogen-bond donors (Lipinski definition) is 1. The van der Waals surface area contributed by atoms with Crippen LogP contribution in [0.3, 0.4) is 0 Å². The first kappa shape index (κ1) is 20.9. The fourth-order valence-electron chi connectivity index (χ4n) is 5.53. The Morgan fingerprint density at radius 1 is 1.16 bits per heavy atom. The van der Waals surface area contributed by atoms with Gasteiger partial charge in [-0.1, -0.05) is 18.6 Å². The monoisotopic (exact) mass is 440 g/mol. The Balaban J connectivity index is 1.60. The van der Waals surface area contributed by atoms with Crippen LogP contribution in [0.15, 0.2) is 41.2 Å². The summed E-state index contributed by atoms with van der Waals surface area (Å²) in [7, 11) is 1.28. The quantitative estimate of drug-likeness (QED) is 0.736. The Morgan fingerprint density at radius 3 is 2.47 bits per heavy atom. The number of aromatic nitrogens is 1. The molecule has 1 N–H and O–H groups in total. The maximum absolute atomic E-state index is 13.4. The molecule has 5 rings (SSSR count). The summed E-state index contributed by atoms with van der Waals surface area (Å²) >= 11 is 0. The van der Waals surface area contributed by atoms with E-state index in [1.54, 1.807) is 33.7 Å². The summed E-state index contributed by atoms with van der Waals surface area (Å²) in [5.41, 5.74) is 1.47. The molecule has 1 saturated heterocycles. The van der Waals surface area contributed by atoms with Crippen molar-refractivity contribution in [3.63, 3.8) is 0 Å². The smallest absolute Gasteiger partial charge is 0.328 e. The second kappa shape index (κ2) is 7.85. The van der Waals surface area contributed by atoms with Gasteiger partial charge in [-0.15, -0.1) is 0 Å². The summed E-state index contributed by atoms with van der Waals surface area (Å²) in [6.45, 7) is 0.00394. The molecule has 0 radical (unpaired) electrons. The van der Waals surface area contributed by atoms with Crippen molar-refractivity contribution in [2.45, 2.75) is 37.9 Å². The minimum atomic E-state index is -0.867. The molecule has 168 valence electrons. The van der Waals surface area contributed by atoms with Crippen LogP contribution in [0.25, 0.3) is 11.1 Å². The highest BCUT2D eigenvalue weighted by Crippen LogP contribution is 2.51. The Morgan fingerprint density at radius 2 is 1.88 bits per heavy atom. The molecular weight excluding hydrogens is 415 g/mol. The van der Waals surface area contributed by atoms with Crippen molar-refractivity contribution in [3.8, 4) is 11.1 Å². The highest BCUT2D eigenvalue weighted by molar-refractivity contribution is 5.88. The number of nitrogens with zero attached hydrogens (tertiary/aromatic N) is 2. The van der Waals surface area contributed by atoms with Gasteiger partial charge in [0.15, 0.2) is 0 Å².